The van der Waals surface area contributed by atoms with Crippen molar-refractivity contribution in [1.82, 2.24) is 10.6 Å². The largest absolute Gasteiger partial charge is 0.493 e. The second-order valence-corrected chi connectivity index (χ2v) is 4.01. The van der Waals surface area contributed by atoms with E-state index < -0.39 is 0 Å². The van der Waals surface area contributed by atoms with Gasteiger partial charge in [0.05, 0.1) is 18.7 Å². The fraction of sp³-hybridized carbons (Fsp3) is 0.429. The van der Waals surface area contributed by atoms with Gasteiger partial charge in [0.15, 0.2) is 5.78 Å². The first-order chi connectivity index (χ1) is 9.15. The van der Waals surface area contributed by atoms with Crippen LogP contribution in [-0.2, 0) is 4.79 Å². The Kier molecular flexibility index (Phi) is 6.60. The van der Waals surface area contributed by atoms with Gasteiger partial charge in [-0.25, -0.2) is 0 Å². The minimum Gasteiger partial charge on any atom is -0.493 e. The van der Waals surface area contributed by atoms with Crippen molar-refractivity contribution in [3.05, 3.63) is 29.8 Å². The Labute approximate surface area is 113 Å². The molecule has 0 heterocycles. The van der Waals surface area contributed by atoms with Crippen molar-refractivity contribution in [1.29, 1.82) is 0 Å². The highest BCUT2D eigenvalue weighted by atomic mass is 16.5. The molecule has 5 heteroatoms. The van der Waals surface area contributed by atoms with E-state index in [1.807, 2.05) is 19.1 Å². The number of hydrogen-bond acceptors (Lipinski definition) is 4. The van der Waals surface area contributed by atoms with Crippen molar-refractivity contribution in [2.45, 2.75) is 13.8 Å². The molecule has 0 aromatic heterocycles. The van der Waals surface area contributed by atoms with Crippen LogP contribution in [0.3, 0.4) is 0 Å². The molecule has 0 fully saturated rings. The number of benzene rings is 1. The zero-order valence-electron chi connectivity index (χ0n) is 11.4. The summed E-state index contributed by atoms with van der Waals surface area (Å²) in [6.45, 7) is 5.16. The van der Waals surface area contributed by atoms with Crippen molar-refractivity contribution >= 4 is 11.7 Å². The number of ketones is 1. The van der Waals surface area contributed by atoms with Gasteiger partial charge in [0.2, 0.25) is 5.91 Å². The average molecular weight is 264 g/mol. The molecule has 0 atom stereocenters. The maximum Gasteiger partial charge on any atom is 0.216 e. The summed E-state index contributed by atoms with van der Waals surface area (Å²) in [5.74, 6) is 0.514. The van der Waals surface area contributed by atoms with E-state index >= 15 is 0 Å². The zero-order chi connectivity index (χ0) is 14.1. The predicted molar refractivity (Wildman–Crippen MR) is 73.5 cm³/mol. The van der Waals surface area contributed by atoms with Crippen LogP contribution in [0.1, 0.15) is 24.2 Å². The number of carbonyl (C=O) groups excluding carboxylic acids is 2. The molecule has 0 aliphatic rings. The third-order valence-electron chi connectivity index (χ3n) is 2.45. The van der Waals surface area contributed by atoms with Gasteiger partial charge in [-0.1, -0.05) is 12.1 Å². The van der Waals surface area contributed by atoms with Gasteiger partial charge in [-0.2, -0.15) is 0 Å². The van der Waals surface area contributed by atoms with Crippen molar-refractivity contribution in [3.63, 3.8) is 0 Å². The Hall–Kier alpha value is -1.88. The molecule has 1 rings (SSSR count). The van der Waals surface area contributed by atoms with Crippen LogP contribution in [0, 0.1) is 0 Å². The van der Waals surface area contributed by atoms with Crippen LogP contribution >= 0.6 is 0 Å². The standard InChI is InChI=1S/C14H20N2O3/c1-3-19-14-7-5-4-6-12(14)13(18)10-15-8-9-16-11(2)17/h4-7,15H,3,8-10H2,1-2H3,(H,16,17). The summed E-state index contributed by atoms with van der Waals surface area (Å²) < 4.78 is 5.41. The highest BCUT2D eigenvalue weighted by Crippen LogP contribution is 2.17. The maximum atomic E-state index is 12.0. The van der Waals surface area contributed by atoms with Gasteiger partial charge in [-0.05, 0) is 19.1 Å². The maximum absolute atomic E-state index is 12.0. The Morgan fingerprint density at radius 2 is 1.95 bits per heavy atom. The van der Waals surface area contributed by atoms with E-state index in [4.69, 9.17) is 4.74 Å². The van der Waals surface area contributed by atoms with Gasteiger partial charge in [-0.3, -0.25) is 9.59 Å². The lowest BCUT2D eigenvalue weighted by atomic mass is 10.1. The number of amides is 1. The molecule has 0 saturated heterocycles. The molecule has 0 unspecified atom stereocenters. The lowest BCUT2D eigenvalue weighted by Gasteiger charge is -2.09. The average Bonchev–Trinajstić information content (AvgIpc) is 2.39. The number of rotatable bonds is 8. The monoisotopic (exact) mass is 264 g/mol. The van der Waals surface area contributed by atoms with Gasteiger partial charge in [0.25, 0.3) is 0 Å². The third kappa shape index (κ3) is 5.52. The molecule has 1 amide bonds. The second-order valence-electron chi connectivity index (χ2n) is 4.01. The van der Waals surface area contributed by atoms with Crippen LogP contribution in [0.2, 0.25) is 0 Å². The normalized spacial score (nSPS) is 10.0. The number of para-hydroxylation sites is 1. The van der Waals surface area contributed by atoms with E-state index in [1.165, 1.54) is 6.92 Å². The minimum absolute atomic E-state index is 0.0214. The van der Waals surface area contributed by atoms with E-state index in [9.17, 15) is 9.59 Å². The summed E-state index contributed by atoms with van der Waals surface area (Å²) >= 11 is 0. The van der Waals surface area contributed by atoms with Crippen molar-refractivity contribution < 1.29 is 14.3 Å². The molecule has 0 radical (unpaired) electrons. The number of Topliss-reactive ketones (excluding diaryl/α,β-unsaturated/α-hetero) is 1. The number of carbonyl (C=O) groups is 2. The van der Waals surface area contributed by atoms with Crippen molar-refractivity contribution in [2.24, 2.45) is 0 Å². The summed E-state index contributed by atoms with van der Waals surface area (Å²) in [6.07, 6.45) is 0. The highest BCUT2D eigenvalue weighted by Gasteiger charge is 2.10. The molecule has 5 nitrogen and oxygen atoms in total. The van der Waals surface area contributed by atoms with Gasteiger partial charge >= 0.3 is 0 Å². The topological polar surface area (TPSA) is 67.4 Å². The highest BCUT2D eigenvalue weighted by molar-refractivity contribution is 6.00. The van der Waals surface area contributed by atoms with E-state index in [0.717, 1.165) is 0 Å². The fourth-order valence-corrected chi connectivity index (χ4v) is 1.60. The Balaban J connectivity index is 2.43. The molecular formula is C14H20N2O3. The van der Waals surface area contributed by atoms with Gasteiger partial charge in [0.1, 0.15) is 5.75 Å². The molecular weight excluding hydrogens is 244 g/mol. The minimum atomic E-state index is -0.0742. The van der Waals surface area contributed by atoms with Crippen molar-refractivity contribution in [2.75, 3.05) is 26.2 Å². The number of hydrogen-bond donors (Lipinski definition) is 2. The van der Waals surface area contributed by atoms with Gasteiger partial charge in [-0.15, -0.1) is 0 Å². The summed E-state index contributed by atoms with van der Waals surface area (Å²) in [7, 11) is 0. The smallest absolute Gasteiger partial charge is 0.216 e. The first-order valence-electron chi connectivity index (χ1n) is 6.35. The quantitative estimate of drug-likeness (QED) is 0.543. The molecule has 0 saturated carbocycles. The predicted octanol–water partition coefficient (Wildman–Crippen LogP) is 0.994. The Bertz CT molecular complexity index is 432. The van der Waals surface area contributed by atoms with Crippen LogP contribution < -0.4 is 15.4 Å². The molecule has 0 aliphatic heterocycles. The molecule has 2 N–H and O–H groups in total. The first-order valence-corrected chi connectivity index (χ1v) is 6.35. The summed E-state index contributed by atoms with van der Waals surface area (Å²) in [4.78, 5) is 22.7. The van der Waals surface area contributed by atoms with Crippen LogP contribution in [0.15, 0.2) is 24.3 Å². The molecule has 1 aromatic rings. The summed E-state index contributed by atoms with van der Waals surface area (Å²) in [6, 6.07) is 7.19. The summed E-state index contributed by atoms with van der Waals surface area (Å²) in [5.41, 5.74) is 0.580. The van der Waals surface area contributed by atoms with Crippen LogP contribution in [0.4, 0.5) is 0 Å². The summed E-state index contributed by atoms with van der Waals surface area (Å²) in [5, 5.41) is 5.64. The molecule has 19 heavy (non-hydrogen) atoms. The second kappa shape index (κ2) is 8.26. The third-order valence-corrected chi connectivity index (χ3v) is 2.45. The Morgan fingerprint density at radius 1 is 1.21 bits per heavy atom. The van der Waals surface area contributed by atoms with Crippen molar-refractivity contribution in [3.8, 4) is 5.75 Å². The lowest BCUT2D eigenvalue weighted by Crippen LogP contribution is -2.33. The van der Waals surface area contributed by atoms with E-state index in [1.54, 1.807) is 12.1 Å². The number of nitrogens with one attached hydrogen (secondary N) is 2. The van der Waals surface area contributed by atoms with Gasteiger partial charge < -0.3 is 15.4 Å². The number of ether oxygens (including phenoxy) is 1. The fourth-order valence-electron chi connectivity index (χ4n) is 1.60. The van der Waals surface area contributed by atoms with Crippen LogP contribution in [0.5, 0.6) is 5.75 Å². The van der Waals surface area contributed by atoms with Crippen LogP contribution in [0.25, 0.3) is 0 Å². The van der Waals surface area contributed by atoms with E-state index in [0.29, 0.717) is 31.0 Å². The SMILES string of the molecule is CCOc1ccccc1C(=O)CNCCNC(C)=O. The Morgan fingerprint density at radius 3 is 2.63 bits per heavy atom. The first kappa shape index (κ1) is 15.2. The molecule has 1 aromatic carbocycles. The molecule has 0 aliphatic carbocycles. The van der Waals surface area contributed by atoms with E-state index in [-0.39, 0.29) is 18.2 Å². The van der Waals surface area contributed by atoms with Crippen LogP contribution in [-0.4, -0.2) is 37.9 Å². The lowest BCUT2D eigenvalue weighted by molar-refractivity contribution is -0.118. The van der Waals surface area contributed by atoms with E-state index in [2.05, 4.69) is 10.6 Å². The molecule has 104 valence electrons. The molecule has 0 spiro atoms. The van der Waals surface area contributed by atoms with Gasteiger partial charge in [0, 0.05) is 20.0 Å². The zero-order valence-corrected chi connectivity index (χ0v) is 11.4. The molecule has 0 bridgehead atoms.